The number of hydrogen-bond acceptors (Lipinski definition) is 6. The molecule has 170 valence electrons. The first kappa shape index (κ1) is 23.1. The number of aliphatic imine (C=N–C) groups is 2. The standard InChI is InChI=1S/C18H20ClF5N6O/c1-9(18(22,23)24)28-16-14(15(19)29-17-26-8-27-30(16)17)13-11(20)6-10(7-12(13)21)31-5-3-4-25-2/h6-9,17,25,29H,3-5H2,1-2H3,(H,26,27)/t9-,17?/m1/s1. The Morgan fingerprint density at radius 1 is 1.32 bits per heavy atom. The van der Waals surface area contributed by atoms with Gasteiger partial charge in [-0.05, 0) is 26.9 Å². The lowest BCUT2D eigenvalue weighted by Gasteiger charge is -2.34. The molecule has 0 amide bonds. The highest BCUT2D eigenvalue weighted by Crippen LogP contribution is 2.35. The Hall–Kier alpha value is -2.60. The average Bonchev–Trinajstić information content (AvgIpc) is 3.14. The highest BCUT2D eigenvalue weighted by molar-refractivity contribution is 6.40. The van der Waals surface area contributed by atoms with Gasteiger partial charge < -0.3 is 15.4 Å². The van der Waals surface area contributed by atoms with Gasteiger partial charge >= 0.3 is 6.18 Å². The molecule has 0 aliphatic carbocycles. The van der Waals surface area contributed by atoms with E-state index in [1.807, 2.05) is 0 Å². The van der Waals surface area contributed by atoms with Gasteiger partial charge in [0.1, 0.15) is 34.9 Å². The Labute approximate surface area is 180 Å². The van der Waals surface area contributed by atoms with Crippen molar-refractivity contribution in [3.63, 3.8) is 0 Å². The maximum Gasteiger partial charge on any atom is 0.410 e. The van der Waals surface area contributed by atoms with Gasteiger partial charge in [-0.15, -0.1) is 0 Å². The zero-order valence-electron chi connectivity index (χ0n) is 16.5. The fourth-order valence-electron chi connectivity index (χ4n) is 2.90. The second kappa shape index (κ2) is 9.27. The predicted molar refractivity (Wildman–Crippen MR) is 107 cm³/mol. The zero-order chi connectivity index (χ0) is 22.8. The monoisotopic (exact) mass is 466 g/mol. The lowest BCUT2D eigenvalue weighted by Crippen LogP contribution is -2.54. The molecule has 13 heteroatoms. The van der Waals surface area contributed by atoms with Gasteiger partial charge in [0, 0.05) is 12.1 Å². The number of halogens is 6. The first-order chi connectivity index (χ1) is 14.6. The molecule has 0 bridgehead atoms. The number of nitrogens with one attached hydrogen (secondary N) is 3. The second-order valence-electron chi connectivity index (χ2n) is 6.72. The molecule has 1 aromatic rings. The number of hydrogen-bond donors (Lipinski definition) is 3. The van der Waals surface area contributed by atoms with Gasteiger partial charge in [-0.2, -0.15) is 13.2 Å². The number of hydrazine groups is 1. The number of rotatable bonds is 7. The topological polar surface area (TPSA) is 73.3 Å². The third-order valence-corrected chi connectivity index (χ3v) is 4.78. The summed E-state index contributed by atoms with van der Waals surface area (Å²) in [4.78, 5) is 7.60. The normalized spacial score (nSPS) is 20.6. The Balaban J connectivity index is 2.02. The molecule has 3 rings (SSSR count). The summed E-state index contributed by atoms with van der Waals surface area (Å²) in [6, 6.07) is -0.275. The Kier molecular flexibility index (Phi) is 6.90. The number of fused-ring (bicyclic) bond motifs is 1. The molecule has 0 fully saturated rings. The van der Waals surface area contributed by atoms with Crippen molar-refractivity contribution in [2.24, 2.45) is 9.98 Å². The molecule has 0 spiro atoms. The summed E-state index contributed by atoms with van der Waals surface area (Å²) in [5.41, 5.74) is 1.58. The molecule has 2 heterocycles. The van der Waals surface area contributed by atoms with Crippen molar-refractivity contribution in [2.45, 2.75) is 31.9 Å². The summed E-state index contributed by atoms with van der Waals surface area (Å²) >= 11 is 6.18. The van der Waals surface area contributed by atoms with E-state index in [9.17, 15) is 22.0 Å². The lowest BCUT2D eigenvalue weighted by atomic mass is 10.0. The minimum absolute atomic E-state index is 0.0574. The zero-order valence-corrected chi connectivity index (χ0v) is 17.3. The molecule has 0 saturated heterocycles. The van der Waals surface area contributed by atoms with Crippen LogP contribution in [0.25, 0.3) is 5.57 Å². The van der Waals surface area contributed by atoms with Crippen LogP contribution in [-0.4, -0.2) is 55.9 Å². The van der Waals surface area contributed by atoms with Gasteiger partial charge in [-0.25, -0.2) is 18.8 Å². The third kappa shape index (κ3) is 5.01. The van der Waals surface area contributed by atoms with Crippen molar-refractivity contribution in [1.29, 1.82) is 0 Å². The molecule has 1 unspecified atom stereocenters. The minimum Gasteiger partial charge on any atom is -0.493 e. The van der Waals surface area contributed by atoms with Gasteiger partial charge in [0.2, 0.25) is 6.29 Å². The molecular weight excluding hydrogens is 447 g/mol. The van der Waals surface area contributed by atoms with E-state index in [1.54, 1.807) is 7.05 Å². The van der Waals surface area contributed by atoms with E-state index in [2.05, 4.69) is 26.0 Å². The first-order valence-electron chi connectivity index (χ1n) is 9.28. The van der Waals surface area contributed by atoms with Gasteiger partial charge in [0.25, 0.3) is 0 Å². The van der Waals surface area contributed by atoms with Crippen LogP contribution in [0.15, 0.2) is 27.3 Å². The van der Waals surface area contributed by atoms with E-state index in [1.165, 1.54) is 6.34 Å². The van der Waals surface area contributed by atoms with Crippen molar-refractivity contribution in [3.8, 4) is 5.75 Å². The largest absolute Gasteiger partial charge is 0.493 e. The molecule has 2 atom stereocenters. The molecule has 3 N–H and O–H groups in total. The fraction of sp³-hybridized carbons (Fsp3) is 0.444. The molecule has 7 nitrogen and oxygen atoms in total. The third-order valence-electron chi connectivity index (χ3n) is 4.48. The molecule has 2 aliphatic heterocycles. The van der Waals surface area contributed by atoms with Gasteiger partial charge in [0.15, 0.2) is 5.84 Å². The summed E-state index contributed by atoms with van der Waals surface area (Å²) in [6.45, 7) is 1.69. The molecule has 1 aromatic carbocycles. The number of amidine groups is 1. The molecule has 0 aromatic heterocycles. The van der Waals surface area contributed by atoms with Crippen LogP contribution in [0.4, 0.5) is 22.0 Å². The van der Waals surface area contributed by atoms with Crippen molar-refractivity contribution in [3.05, 3.63) is 34.5 Å². The van der Waals surface area contributed by atoms with Crippen molar-refractivity contribution in [2.75, 3.05) is 20.2 Å². The minimum atomic E-state index is -4.67. The van der Waals surface area contributed by atoms with Crippen LogP contribution < -0.4 is 20.8 Å². The van der Waals surface area contributed by atoms with Gasteiger partial charge in [0.05, 0.1) is 17.7 Å². The van der Waals surface area contributed by atoms with Crippen LogP contribution in [0, 0.1) is 11.6 Å². The van der Waals surface area contributed by atoms with Crippen LogP contribution >= 0.6 is 11.6 Å². The second-order valence-corrected chi connectivity index (χ2v) is 7.10. The van der Waals surface area contributed by atoms with Crippen LogP contribution in [0.5, 0.6) is 5.75 Å². The van der Waals surface area contributed by atoms with E-state index in [0.717, 1.165) is 24.1 Å². The van der Waals surface area contributed by atoms with Gasteiger partial charge in [-0.3, -0.25) is 10.4 Å². The Morgan fingerprint density at radius 2 is 2.00 bits per heavy atom. The summed E-state index contributed by atoms with van der Waals surface area (Å²) in [5.74, 6) is -2.59. The smallest absolute Gasteiger partial charge is 0.410 e. The highest BCUT2D eigenvalue weighted by atomic mass is 35.5. The summed E-state index contributed by atoms with van der Waals surface area (Å²) in [5, 5.41) is 6.38. The summed E-state index contributed by atoms with van der Waals surface area (Å²) in [7, 11) is 1.76. The van der Waals surface area contributed by atoms with Crippen LogP contribution in [0.2, 0.25) is 0 Å². The van der Waals surface area contributed by atoms with Crippen LogP contribution in [0.3, 0.4) is 0 Å². The molecular formula is C18H20ClF5N6O. The van der Waals surface area contributed by atoms with Crippen molar-refractivity contribution >= 4 is 29.3 Å². The quantitative estimate of drug-likeness (QED) is 0.327. The van der Waals surface area contributed by atoms with E-state index < -0.39 is 41.5 Å². The van der Waals surface area contributed by atoms with Crippen molar-refractivity contribution < 1.29 is 26.7 Å². The molecule has 0 saturated carbocycles. The van der Waals surface area contributed by atoms with Gasteiger partial charge in [-0.1, -0.05) is 11.6 Å². The maximum absolute atomic E-state index is 14.9. The lowest BCUT2D eigenvalue weighted by molar-refractivity contribution is -0.142. The molecule has 2 aliphatic rings. The summed E-state index contributed by atoms with van der Waals surface area (Å²) in [6.07, 6.45) is -3.78. The fourth-order valence-corrected chi connectivity index (χ4v) is 3.18. The Bertz CT molecular complexity index is 896. The highest BCUT2D eigenvalue weighted by Gasteiger charge is 2.41. The molecule has 31 heavy (non-hydrogen) atoms. The Morgan fingerprint density at radius 3 is 2.61 bits per heavy atom. The van der Waals surface area contributed by atoms with Crippen LogP contribution in [-0.2, 0) is 0 Å². The van der Waals surface area contributed by atoms with Crippen molar-refractivity contribution in [1.82, 2.24) is 21.1 Å². The number of alkyl halides is 3. The van der Waals surface area contributed by atoms with E-state index in [4.69, 9.17) is 16.3 Å². The maximum atomic E-state index is 14.9. The number of benzene rings is 1. The van der Waals surface area contributed by atoms with E-state index in [-0.39, 0.29) is 23.1 Å². The SMILES string of the molecule is CNCCCOc1cc(F)c(C2=C(Cl)NC3N=CNN3C2=N[C@H](C)C(F)(F)F)c(F)c1. The van der Waals surface area contributed by atoms with Crippen LogP contribution in [0.1, 0.15) is 18.9 Å². The summed E-state index contributed by atoms with van der Waals surface area (Å²) < 4.78 is 74.6. The molecule has 0 radical (unpaired) electrons. The van der Waals surface area contributed by atoms with E-state index >= 15 is 0 Å². The number of ether oxygens (including phenoxy) is 1. The average molecular weight is 467 g/mol. The first-order valence-corrected chi connectivity index (χ1v) is 9.66. The van der Waals surface area contributed by atoms with E-state index in [0.29, 0.717) is 13.0 Å². The predicted octanol–water partition coefficient (Wildman–Crippen LogP) is 2.95. The number of nitrogens with zero attached hydrogens (tertiary/aromatic N) is 3.